The van der Waals surface area contributed by atoms with E-state index >= 15 is 0 Å². The maximum atomic E-state index is 11.7. The summed E-state index contributed by atoms with van der Waals surface area (Å²) in [4.78, 5) is 28.8. The van der Waals surface area contributed by atoms with Gasteiger partial charge in [0.05, 0.1) is 12.2 Å². The molecule has 1 aliphatic rings. The summed E-state index contributed by atoms with van der Waals surface area (Å²) < 4.78 is 4.94. The molecular weight excluding hydrogens is 416 g/mol. The quantitative estimate of drug-likeness (QED) is 0.413. The second-order valence-electron chi connectivity index (χ2n) is 7.63. The lowest BCUT2D eigenvalue weighted by atomic mass is 9.86. The Kier molecular flexibility index (Phi) is 6.76. The fourth-order valence-corrected chi connectivity index (χ4v) is 4.00. The van der Waals surface area contributed by atoms with Crippen LogP contribution >= 0.6 is 11.6 Å². The SMILES string of the molecule is CCOC(=O)c1cnc(NC[C@H]2CC[C@H](Nc3ccc4ccnc(Cl)c4n3)CC2)nc1. The number of ether oxygens (including phenoxy) is 1. The van der Waals surface area contributed by atoms with Crippen LogP contribution in [0.15, 0.2) is 36.8 Å². The van der Waals surface area contributed by atoms with Crippen molar-refractivity contribution in [3.05, 3.63) is 47.5 Å². The number of hydrogen-bond acceptors (Lipinski definition) is 8. The van der Waals surface area contributed by atoms with E-state index < -0.39 is 5.97 Å². The van der Waals surface area contributed by atoms with Crippen LogP contribution in [0.3, 0.4) is 0 Å². The average Bonchev–Trinajstić information content (AvgIpc) is 2.80. The highest BCUT2D eigenvalue weighted by molar-refractivity contribution is 6.33. The van der Waals surface area contributed by atoms with Crippen LogP contribution in [-0.4, -0.2) is 45.1 Å². The normalized spacial score (nSPS) is 18.5. The maximum Gasteiger partial charge on any atom is 0.341 e. The lowest BCUT2D eigenvalue weighted by Crippen LogP contribution is -2.29. The van der Waals surface area contributed by atoms with E-state index in [4.69, 9.17) is 16.3 Å². The lowest BCUT2D eigenvalue weighted by molar-refractivity contribution is 0.0525. The molecule has 0 amide bonds. The zero-order chi connectivity index (χ0) is 21.6. The molecule has 0 aromatic carbocycles. The van der Waals surface area contributed by atoms with Crippen molar-refractivity contribution in [1.29, 1.82) is 0 Å². The monoisotopic (exact) mass is 440 g/mol. The van der Waals surface area contributed by atoms with Gasteiger partial charge in [0.2, 0.25) is 5.95 Å². The minimum atomic E-state index is -0.403. The van der Waals surface area contributed by atoms with E-state index in [9.17, 15) is 4.79 Å². The number of rotatable bonds is 7. The number of carbonyl (C=O) groups excluding carboxylic acids is 1. The van der Waals surface area contributed by atoms with Gasteiger partial charge in [-0.1, -0.05) is 11.6 Å². The summed E-state index contributed by atoms with van der Waals surface area (Å²) in [5.41, 5.74) is 1.08. The number of esters is 1. The largest absolute Gasteiger partial charge is 0.462 e. The molecule has 162 valence electrons. The van der Waals surface area contributed by atoms with Gasteiger partial charge in [-0.15, -0.1) is 0 Å². The van der Waals surface area contributed by atoms with E-state index in [0.717, 1.165) is 48.9 Å². The molecular formula is C22H25ClN6O2. The van der Waals surface area contributed by atoms with E-state index in [-0.39, 0.29) is 0 Å². The van der Waals surface area contributed by atoms with Crippen molar-refractivity contribution in [2.75, 3.05) is 23.8 Å². The summed E-state index contributed by atoms with van der Waals surface area (Å²) in [6.07, 6.45) is 9.00. The van der Waals surface area contributed by atoms with Crippen molar-refractivity contribution in [2.45, 2.75) is 38.6 Å². The van der Waals surface area contributed by atoms with E-state index in [1.165, 1.54) is 12.4 Å². The van der Waals surface area contributed by atoms with Gasteiger partial charge in [0.15, 0.2) is 5.15 Å². The molecule has 0 bridgehead atoms. The van der Waals surface area contributed by atoms with Gasteiger partial charge in [0.1, 0.15) is 11.3 Å². The summed E-state index contributed by atoms with van der Waals surface area (Å²) in [7, 11) is 0. The van der Waals surface area contributed by atoms with E-state index in [0.29, 0.717) is 35.2 Å². The van der Waals surface area contributed by atoms with Crippen LogP contribution in [0.1, 0.15) is 43.0 Å². The fourth-order valence-electron chi connectivity index (χ4n) is 3.79. The van der Waals surface area contributed by atoms with Crippen molar-refractivity contribution in [3.8, 4) is 0 Å². The minimum absolute atomic E-state index is 0.332. The van der Waals surface area contributed by atoms with E-state index in [1.807, 2.05) is 18.2 Å². The number of anilines is 2. The first kappa shape index (κ1) is 21.2. The van der Waals surface area contributed by atoms with Crippen molar-refractivity contribution < 1.29 is 9.53 Å². The predicted molar refractivity (Wildman–Crippen MR) is 120 cm³/mol. The highest BCUT2D eigenvalue weighted by Crippen LogP contribution is 2.27. The predicted octanol–water partition coefficient (Wildman–Crippen LogP) is 4.33. The number of nitrogens with one attached hydrogen (secondary N) is 2. The maximum absolute atomic E-state index is 11.7. The molecule has 0 spiro atoms. The summed E-state index contributed by atoms with van der Waals surface area (Å²) >= 11 is 6.17. The Labute approximate surface area is 185 Å². The van der Waals surface area contributed by atoms with Crippen LogP contribution in [-0.2, 0) is 4.74 Å². The number of pyridine rings is 2. The molecule has 0 atom stereocenters. The zero-order valence-electron chi connectivity index (χ0n) is 17.3. The van der Waals surface area contributed by atoms with E-state index in [1.54, 1.807) is 13.1 Å². The molecule has 2 N–H and O–H groups in total. The van der Waals surface area contributed by atoms with Gasteiger partial charge < -0.3 is 15.4 Å². The number of hydrogen-bond donors (Lipinski definition) is 2. The molecule has 3 aromatic heterocycles. The van der Waals surface area contributed by atoms with Crippen molar-refractivity contribution in [2.24, 2.45) is 5.92 Å². The molecule has 1 aliphatic carbocycles. The number of fused-ring (bicyclic) bond motifs is 1. The van der Waals surface area contributed by atoms with Crippen LogP contribution in [0, 0.1) is 5.92 Å². The van der Waals surface area contributed by atoms with Gasteiger partial charge in [-0.05, 0) is 56.7 Å². The summed E-state index contributed by atoms with van der Waals surface area (Å²) in [5, 5.41) is 8.22. The molecule has 3 heterocycles. The summed E-state index contributed by atoms with van der Waals surface area (Å²) in [6, 6.07) is 6.30. The molecule has 0 unspecified atom stereocenters. The molecule has 8 nitrogen and oxygen atoms in total. The Morgan fingerprint density at radius 2 is 1.90 bits per heavy atom. The van der Waals surface area contributed by atoms with Crippen molar-refractivity contribution >= 4 is 40.2 Å². The standard InChI is InChI=1S/C22H25ClN6O2/c1-2-31-21(30)16-12-26-22(27-13-16)25-11-14-3-6-17(7-4-14)28-18-8-5-15-9-10-24-20(23)19(15)29-18/h5,8-10,12-14,17H,2-4,6-7,11H2,1H3,(H,28,29)(H,25,26,27)/t14-,17-. The minimum Gasteiger partial charge on any atom is -0.462 e. The Bertz CT molecular complexity index is 1040. The third kappa shape index (κ3) is 5.38. The molecule has 3 aromatic rings. The smallest absolute Gasteiger partial charge is 0.341 e. The van der Waals surface area contributed by atoms with Gasteiger partial charge in [0.25, 0.3) is 0 Å². The average molecular weight is 441 g/mol. The molecule has 0 radical (unpaired) electrons. The molecule has 0 aliphatic heterocycles. The molecule has 9 heteroatoms. The Balaban J connectivity index is 1.24. The molecule has 1 fully saturated rings. The van der Waals surface area contributed by atoms with Gasteiger partial charge >= 0.3 is 5.97 Å². The highest BCUT2D eigenvalue weighted by Gasteiger charge is 2.21. The summed E-state index contributed by atoms with van der Waals surface area (Å²) in [5.74, 6) is 1.51. The number of aromatic nitrogens is 4. The first-order valence-electron chi connectivity index (χ1n) is 10.5. The second-order valence-corrected chi connectivity index (χ2v) is 7.99. The van der Waals surface area contributed by atoms with Gasteiger partial charge in [-0.2, -0.15) is 0 Å². The molecule has 31 heavy (non-hydrogen) atoms. The highest BCUT2D eigenvalue weighted by atomic mass is 35.5. The third-order valence-corrected chi connectivity index (χ3v) is 5.75. The topological polar surface area (TPSA) is 102 Å². The first-order chi connectivity index (χ1) is 15.1. The Hall–Kier alpha value is -3.00. The Morgan fingerprint density at radius 3 is 2.65 bits per heavy atom. The van der Waals surface area contributed by atoms with Gasteiger partial charge in [0, 0.05) is 36.6 Å². The van der Waals surface area contributed by atoms with Crippen LogP contribution in [0.5, 0.6) is 0 Å². The summed E-state index contributed by atoms with van der Waals surface area (Å²) in [6.45, 7) is 2.91. The zero-order valence-corrected chi connectivity index (χ0v) is 18.1. The second kappa shape index (κ2) is 9.87. The molecule has 4 rings (SSSR count). The number of carbonyl (C=O) groups is 1. The third-order valence-electron chi connectivity index (χ3n) is 5.47. The van der Waals surface area contributed by atoms with Crippen LogP contribution < -0.4 is 10.6 Å². The lowest BCUT2D eigenvalue weighted by Gasteiger charge is -2.29. The van der Waals surface area contributed by atoms with Crippen molar-refractivity contribution in [3.63, 3.8) is 0 Å². The first-order valence-corrected chi connectivity index (χ1v) is 10.9. The van der Waals surface area contributed by atoms with Crippen molar-refractivity contribution in [1.82, 2.24) is 19.9 Å². The van der Waals surface area contributed by atoms with E-state index in [2.05, 4.69) is 30.6 Å². The fraction of sp³-hybridized carbons (Fsp3) is 0.409. The van der Waals surface area contributed by atoms with Crippen LogP contribution in [0.25, 0.3) is 10.9 Å². The van der Waals surface area contributed by atoms with Crippen LogP contribution in [0.2, 0.25) is 5.15 Å². The Morgan fingerprint density at radius 1 is 1.13 bits per heavy atom. The van der Waals surface area contributed by atoms with Crippen LogP contribution in [0.4, 0.5) is 11.8 Å². The van der Waals surface area contributed by atoms with Gasteiger partial charge in [-0.25, -0.2) is 24.7 Å². The molecule has 0 saturated heterocycles. The van der Waals surface area contributed by atoms with Gasteiger partial charge in [-0.3, -0.25) is 0 Å². The number of nitrogens with zero attached hydrogens (tertiary/aromatic N) is 4. The molecule has 1 saturated carbocycles. The number of halogens is 1.